The third-order valence-corrected chi connectivity index (χ3v) is 4.87. The lowest BCUT2D eigenvalue weighted by Crippen LogP contribution is -2.04. The van der Waals surface area contributed by atoms with Gasteiger partial charge >= 0.3 is 0 Å². The van der Waals surface area contributed by atoms with Gasteiger partial charge in [-0.15, -0.1) is 11.3 Å². The molecule has 0 aliphatic carbocycles. The van der Waals surface area contributed by atoms with Gasteiger partial charge in [0.1, 0.15) is 17.1 Å². The Labute approximate surface area is 124 Å². The van der Waals surface area contributed by atoms with Gasteiger partial charge in [-0.3, -0.25) is 4.79 Å². The lowest BCUT2D eigenvalue weighted by atomic mass is 10.1. The summed E-state index contributed by atoms with van der Waals surface area (Å²) in [6.07, 6.45) is 0. The molecular formula is C14H13BrO3S. The van der Waals surface area contributed by atoms with Crippen LogP contribution in [0.25, 0.3) is 0 Å². The van der Waals surface area contributed by atoms with Crippen molar-refractivity contribution in [2.24, 2.45) is 0 Å². The van der Waals surface area contributed by atoms with Crippen molar-refractivity contribution < 1.29 is 14.3 Å². The Hall–Kier alpha value is -1.33. The molecule has 0 bridgehead atoms. The summed E-state index contributed by atoms with van der Waals surface area (Å²) in [4.78, 5) is 14.3. The molecule has 0 radical (unpaired) electrons. The second kappa shape index (κ2) is 5.75. The van der Waals surface area contributed by atoms with Gasteiger partial charge in [-0.2, -0.15) is 0 Å². The maximum Gasteiger partial charge on any atom is 0.210 e. The predicted molar refractivity (Wildman–Crippen MR) is 79.7 cm³/mol. The molecule has 0 spiro atoms. The minimum absolute atomic E-state index is 0.0897. The molecule has 2 rings (SSSR count). The number of thiophene rings is 1. The Morgan fingerprint density at radius 2 is 1.79 bits per heavy atom. The Morgan fingerprint density at radius 3 is 2.21 bits per heavy atom. The number of rotatable bonds is 4. The maximum atomic E-state index is 12.6. The van der Waals surface area contributed by atoms with Crippen molar-refractivity contribution in [3.63, 3.8) is 0 Å². The fraction of sp³-hybridized carbons (Fsp3) is 0.214. The second-order valence-corrected chi connectivity index (χ2v) is 5.99. The van der Waals surface area contributed by atoms with Crippen LogP contribution in [-0.2, 0) is 0 Å². The summed E-state index contributed by atoms with van der Waals surface area (Å²) in [6.45, 7) is 1.96. The number of hydrogen-bond donors (Lipinski definition) is 0. The van der Waals surface area contributed by atoms with Gasteiger partial charge in [-0.05, 0) is 41.1 Å². The SMILES string of the molecule is COc1cccc(OC)c1C(=O)c1cc(Br)c(C)s1. The summed E-state index contributed by atoms with van der Waals surface area (Å²) >= 11 is 4.87. The minimum Gasteiger partial charge on any atom is -0.496 e. The van der Waals surface area contributed by atoms with Crippen LogP contribution in [0.5, 0.6) is 11.5 Å². The molecule has 0 unspecified atom stereocenters. The van der Waals surface area contributed by atoms with E-state index in [1.165, 1.54) is 11.3 Å². The number of carbonyl (C=O) groups excluding carboxylic acids is 1. The number of hydrogen-bond acceptors (Lipinski definition) is 4. The molecule has 2 aromatic rings. The standard InChI is InChI=1S/C14H13BrO3S/c1-8-9(15)7-12(19-8)14(16)13-10(17-2)5-4-6-11(13)18-3/h4-7H,1-3H3. The van der Waals surface area contributed by atoms with Crippen molar-refractivity contribution in [2.75, 3.05) is 14.2 Å². The summed E-state index contributed by atoms with van der Waals surface area (Å²) in [7, 11) is 3.09. The Bertz CT molecular complexity index is 577. The number of methoxy groups -OCH3 is 2. The third-order valence-electron chi connectivity index (χ3n) is 2.74. The molecule has 0 fully saturated rings. The first-order valence-electron chi connectivity index (χ1n) is 5.60. The molecule has 3 nitrogen and oxygen atoms in total. The quantitative estimate of drug-likeness (QED) is 0.787. The highest BCUT2D eigenvalue weighted by atomic mass is 79.9. The van der Waals surface area contributed by atoms with Crippen LogP contribution in [0.4, 0.5) is 0 Å². The molecule has 5 heteroatoms. The van der Waals surface area contributed by atoms with Crippen LogP contribution in [0.15, 0.2) is 28.7 Å². The van der Waals surface area contributed by atoms with Crippen molar-refractivity contribution >= 4 is 33.0 Å². The van der Waals surface area contributed by atoms with E-state index in [-0.39, 0.29) is 5.78 Å². The molecule has 0 saturated carbocycles. The van der Waals surface area contributed by atoms with Gasteiger partial charge in [-0.1, -0.05) is 6.07 Å². The molecule has 1 aromatic carbocycles. The first-order chi connectivity index (χ1) is 9.08. The Morgan fingerprint density at radius 1 is 1.21 bits per heavy atom. The van der Waals surface area contributed by atoms with Gasteiger partial charge < -0.3 is 9.47 Å². The summed E-state index contributed by atoms with van der Waals surface area (Å²) in [5.74, 6) is 0.950. The van der Waals surface area contributed by atoms with E-state index >= 15 is 0 Å². The fourth-order valence-electron chi connectivity index (χ4n) is 1.77. The monoisotopic (exact) mass is 340 g/mol. The molecular weight excluding hydrogens is 328 g/mol. The van der Waals surface area contributed by atoms with Crippen LogP contribution in [0, 0.1) is 6.92 Å². The smallest absolute Gasteiger partial charge is 0.210 e. The molecule has 0 aliphatic rings. The van der Waals surface area contributed by atoms with E-state index < -0.39 is 0 Å². The van der Waals surface area contributed by atoms with E-state index in [0.717, 1.165) is 9.35 Å². The summed E-state index contributed by atoms with van der Waals surface area (Å²) in [5.41, 5.74) is 0.459. The van der Waals surface area contributed by atoms with E-state index in [0.29, 0.717) is 21.9 Å². The number of ketones is 1. The van der Waals surface area contributed by atoms with Gasteiger partial charge in [-0.25, -0.2) is 0 Å². The summed E-state index contributed by atoms with van der Waals surface area (Å²) in [6, 6.07) is 7.13. The molecule has 1 heterocycles. The van der Waals surface area contributed by atoms with Gasteiger partial charge in [0.05, 0.1) is 19.1 Å². The van der Waals surface area contributed by atoms with Gasteiger partial charge in [0.2, 0.25) is 5.78 Å². The van der Waals surface area contributed by atoms with Crippen molar-refractivity contribution in [3.05, 3.63) is 44.1 Å². The molecule has 0 saturated heterocycles. The Kier molecular flexibility index (Phi) is 4.27. The van der Waals surface area contributed by atoms with Crippen molar-refractivity contribution in [1.82, 2.24) is 0 Å². The topological polar surface area (TPSA) is 35.5 Å². The van der Waals surface area contributed by atoms with E-state index in [1.807, 2.05) is 13.0 Å². The fourth-order valence-corrected chi connectivity index (χ4v) is 3.25. The summed E-state index contributed by atoms with van der Waals surface area (Å²) < 4.78 is 11.5. The van der Waals surface area contributed by atoms with Crippen molar-refractivity contribution in [1.29, 1.82) is 0 Å². The largest absolute Gasteiger partial charge is 0.496 e. The van der Waals surface area contributed by atoms with E-state index in [9.17, 15) is 4.79 Å². The van der Waals surface area contributed by atoms with Crippen molar-refractivity contribution in [3.8, 4) is 11.5 Å². The first-order valence-corrected chi connectivity index (χ1v) is 7.21. The zero-order valence-corrected chi connectivity index (χ0v) is 13.2. The normalized spacial score (nSPS) is 10.3. The van der Waals surface area contributed by atoms with Crippen LogP contribution in [0.1, 0.15) is 20.1 Å². The zero-order chi connectivity index (χ0) is 14.0. The molecule has 0 atom stereocenters. The molecule has 0 amide bonds. The van der Waals surface area contributed by atoms with Crippen LogP contribution in [-0.4, -0.2) is 20.0 Å². The van der Waals surface area contributed by atoms with Crippen LogP contribution in [0.2, 0.25) is 0 Å². The number of halogens is 1. The number of aryl methyl sites for hydroxylation is 1. The molecule has 1 aromatic heterocycles. The number of carbonyl (C=O) groups is 1. The van der Waals surface area contributed by atoms with E-state index in [4.69, 9.17) is 9.47 Å². The third kappa shape index (κ3) is 2.67. The van der Waals surface area contributed by atoms with Gasteiger partial charge in [0.15, 0.2) is 0 Å². The van der Waals surface area contributed by atoms with Gasteiger partial charge in [0, 0.05) is 9.35 Å². The first kappa shape index (κ1) is 14.1. The molecule has 100 valence electrons. The predicted octanol–water partition coefficient (Wildman–Crippen LogP) is 4.07. The van der Waals surface area contributed by atoms with Crippen LogP contribution >= 0.6 is 27.3 Å². The Balaban J connectivity index is 2.54. The summed E-state index contributed by atoms with van der Waals surface area (Å²) in [5, 5.41) is 0. The van der Waals surface area contributed by atoms with Gasteiger partial charge in [0.25, 0.3) is 0 Å². The average molecular weight is 341 g/mol. The number of ether oxygens (including phenoxy) is 2. The zero-order valence-electron chi connectivity index (χ0n) is 10.8. The van der Waals surface area contributed by atoms with Crippen LogP contribution < -0.4 is 9.47 Å². The van der Waals surface area contributed by atoms with E-state index in [1.54, 1.807) is 32.4 Å². The lowest BCUT2D eigenvalue weighted by molar-refractivity contribution is 0.103. The maximum absolute atomic E-state index is 12.6. The highest BCUT2D eigenvalue weighted by molar-refractivity contribution is 9.10. The van der Waals surface area contributed by atoms with Crippen LogP contribution in [0.3, 0.4) is 0 Å². The molecule has 0 N–H and O–H groups in total. The average Bonchev–Trinajstić information content (AvgIpc) is 2.76. The highest BCUT2D eigenvalue weighted by Gasteiger charge is 2.21. The second-order valence-electron chi connectivity index (χ2n) is 3.88. The van der Waals surface area contributed by atoms with E-state index in [2.05, 4.69) is 15.9 Å². The minimum atomic E-state index is -0.0897. The number of benzene rings is 1. The molecule has 0 aliphatic heterocycles. The molecule has 19 heavy (non-hydrogen) atoms. The lowest BCUT2D eigenvalue weighted by Gasteiger charge is -2.11. The van der Waals surface area contributed by atoms with Crippen molar-refractivity contribution in [2.45, 2.75) is 6.92 Å². The highest BCUT2D eigenvalue weighted by Crippen LogP contribution is 2.34.